The average molecular weight is 532 g/mol. The predicted molar refractivity (Wildman–Crippen MR) is 131 cm³/mol. The second-order valence-electron chi connectivity index (χ2n) is 8.39. The van der Waals surface area contributed by atoms with Crippen molar-refractivity contribution in [2.45, 2.75) is 31.3 Å². The summed E-state index contributed by atoms with van der Waals surface area (Å²) in [6.45, 7) is 1.12. The fraction of sp³-hybridized carbons (Fsp3) is 0.375. The van der Waals surface area contributed by atoms with Crippen molar-refractivity contribution >= 4 is 34.6 Å². The van der Waals surface area contributed by atoms with Crippen molar-refractivity contribution < 1.29 is 23.5 Å². The van der Waals surface area contributed by atoms with E-state index < -0.39 is 11.9 Å². The molecule has 0 saturated carbocycles. The number of halogens is 2. The number of nitrogens with zero attached hydrogens (tertiary/aromatic N) is 5. The number of likely N-dealkylation sites (tertiary alicyclic amines) is 1. The first kappa shape index (κ1) is 24.4. The maximum Gasteiger partial charge on any atom is 0.260 e. The van der Waals surface area contributed by atoms with Crippen LogP contribution in [-0.2, 0) is 9.63 Å². The van der Waals surface area contributed by atoms with Gasteiger partial charge in [0.1, 0.15) is 11.5 Å². The zero-order valence-corrected chi connectivity index (χ0v) is 21.0. The van der Waals surface area contributed by atoms with Gasteiger partial charge in [0.05, 0.1) is 35.2 Å². The van der Waals surface area contributed by atoms with Crippen LogP contribution >= 0.6 is 22.9 Å². The number of ether oxygens (including phenoxy) is 2. The van der Waals surface area contributed by atoms with E-state index in [2.05, 4.69) is 15.1 Å². The Balaban J connectivity index is 1.13. The summed E-state index contributed by atoms with van der Waals surface area (Å²) in [4.78, 5) is 32.7. The topological polar surface area (TPSA) is 99.0 Å². The molecule has 2 aliphatic rings. The first-order valence-electron chi connectivity index (χ1n) is 11.4. The average Bonchev–Trinajstić information content (AvgIpc) is 3.58. The van der Waals surface area contributed by atoms with Crippen LogP contribution in [0.4, 0.5) is 4.39 Å². The number of benzene rings is 1. The van der Waals surface area contributed by atoms with Gasteiger partial charge in [0, 0.05) is 36.4 Å². The standard InChI is InChI=1S/C24H23ClFN5O4S/c1-33-20-10-27-11-21(29-20)34-12-22(32)31-7-5-14(6-8-31)24-28-18(13-36-24)17-9-19(35-30-17)23-15(25)3-2-4-16(23)26/h2-4,10-11,13-14,19H,5-9,12H2,1H3. The van der Waals surface area contributed by atoms with E-state index in [4.69, 9.17) is 30.9 Å². The minimum Gasteiger partial charge on any atom is -0.480 e. The van der Waals surface area contributed by atoms with Gasteiger partial charge in [-0.05, 0) is 25.0 Å². The van der Waals surface area contributed by atoms with Gasteiger partial charge in [0.15, 0.2) is 12.7 Å². The molecule has 1 unspecified atom stereocenters. The SMILES string of the molecule is COc1cncc(OCC(=O)N2CCC(c3nc(C4=NOC(c5c(F)cccc5Cl)C4)cs3)CC2)n1. The monoisotopic (exact) mass is 531 g/mol. The molecule has 2 aliphatic heterocycles. The van der Waals surface area contributed by atoms with E-state index in [0.29, 0.717) is 41.7 Å². The minimum absolute atomic E-state index is 0.104. The molecule has 2 aromatic heterocycles. The first-order valence-corrected chi connectivity index (χ1v) is 12.7. The van der Waals surface area contributed by atoms with Crippen LogP contribution < -0.4 is 9.47 Å². The first-order chi connectivity index (χ1) is 17.5. The lowest BCUT2D eigenvalue weighted by atomic mass is 9.97. The van der Waals surface area contributed by atoms with Gasteiger partial charge in [-0.25, -0.2) is 9.37 Å². The fourth-order valence-electron chi connectivity index (χ4n) is 4.21. The lowest BCUT2D eigenvalue weighted by Crippen LogP contribution is -2.40. The zero-order valence-electron chi connectivity index (χ0n) is 19.4. The summed E-state index contributed by atoms with van der Waals surface area (Å²) < 4.78 is 24.7. The quantitative estimate of drug-likeness (QED) is 0.446. The second kappa shape index (κ2) is 10.8. The van der Waals surface area contributed by atoms with Crippen LogP contribution in [0.5, 0.6) is 11.8 Å². The van der Waals surface area contributed by atoms with Crippen LogP contribution in [0.1, 0.15) is 47.5 Å². The summed E-state index contributed by atoms with van der Waals surface area (Å²) in [5.41, 5.74) is 1.72. The highest BCUT2D eigenvalue weighted by Crippen LogP contribution is 2.37. The minimum atomic E-state index is -0.571. The number of piperidine rings is 1. The third-order valence-electron chi connectivity index (χ3n) is 6.15. The number of carbonyl (C=O) groups excluding carboxylic acids is 1. The molecule has 0 radical (unpaired) electrons. The number of aromatic nitrogens is 3. The van der Waals surface area contributed by atoms with Gasteiger partial charge in [-0.15, -0.1) is 11.3 Å². The molecule has 1 fully saturated rings. The predicted octanol–water partition coefficient (Wildman–Crippen LogP) is 4.38. The third kappa shape index (κ3) is 5.26. The molecule has 0 spiro atoms. The third-order valence-corrected chi connectivity index (χ3v) is 7.48. The molecule has 1 amide bonds. The number of thiazole rings is 1. The number of amides is 1. The number of rotatable bonds is 7. The Hall–Kier alpha value is -3.31. The summed E-state index contributed by atoms with van der Waals surface area (Å²) in [6, 6.07) is 4.56. The molecule has 12 heteroatoms. The molecule has 5 rings (SSSR count). The van der Waals surface area contributed by atoms with Gasteiger partial charge < -0.3 is 19.2 Å². The van der Waals surface area contributed by atoms with Gasteiger partial charge in [-0.2, -0.15) is 4.98 Å². The summed E-state index contributed by atoms with van der Waals surface area (Å²) in [5.74, 6) is 0.299. The van der Waals surface area contributed by atoms with E-state index in [0.717, 1.165) is 23.5 Å². The lowest BCUT2D eigenvalue weighted by molar-refractivity contribution is -0.134. The molecule has 0 bridgehead atoms. The molecule has 1 atom stereocenters. The summed E-state index contributed by atoms with van der Waals surface area (Å²) in [6.07, 6.45) is 4.33. The van der Waals surface area contributed by atoms with Crippen molar-refractivity contribution in [3.05, 3.63) is 63.1 Å². The van der Waals surface area contributed by atoms with Crippen LogP contribution in [-0.4, -0.2) is 58.3 Å². The van der Waals surface area contributed by atoms with E-state index >= 15 is 0 Å². The Kier molecular flexibility index (Phi) is 7.28. The molecule has 0 N–H and O–H groups in total. The van der Waals surface area contributed by atoms with Gasteiger partial charge in [0.25, 0.3) is 5.91 Å². The maximum atomic E-state index is 14.3. The van der Waals surface area contributed by atoms with Crippen LogP contribution in [0.15, 0.2) is 41.1 Å². The van der Waals surface area contributed by atoms with Crippen LogP contribution in [0.25, 0.3) is 0 Å². The van der Waals surface area contributed by atoms with Gasteiger partial charge in [0.2, 0.25) is 11.8 Å². The van der Waals surface area contributed by atoms with Crippen molar-refractivity contribution in [1.82, 2.24) is 19.9 Å². The Labute approximate surface area is 215 Å². The van der Waals surface area contributed by atoms with Crippen molar-refractivity contribution in [3.8, 4) is 11.8 Å². The maximum absolute atomic E-state index is 14.3. The van der Waals surface area contributed by atoms with Crippen molar-refractivity contribution in [2.75, 3.05) is 26.8 Å². The van der Waals surface area contributed by atoms with Gasteiger partial charge in [-0.1, -0.05) is 22.8 Å². The molecular weight excluding hydrogens is 509 g/mol. The van der Waals surface area contributed by atoms with E-state index in [-0.39, 0.29) is 24.3 Å². The van der Waals surface area contributed by atoms with Crippen molar-refractivity contribution in [1.29, 1.82) is 0 Å². The highest BCUT2D eigenvalue weighted by Gasteiger charge is 2.31. The molecule has 188 valence electrons. The van der Waals surface area contributed by atoms with E-state index in [1.165, 1.54) is 25.6 Å². The van der Waals surface area contributed by atoms with Crippen LogP contribution in [0.3, 0.4) is 0 Å². The number of oxime groups is 1. The Morgan fingerprint density at radius 3 is 2.83 bits per heavy atom. The number of hydrogen-bond donors (Lipinski definition) is 0. The number of methoxy groups -OCH3 is 1. The number of hydrogen-bond acceptors (Lipinski definition) is 9. The normalized spacial score (nSPS) is 18.0. The zero-order chi connectivity index (χ0) is 25.1. The summed E-state index contributed by atoms with van der Waals surface area (Å²) in [7, 11) is 1.49. The second-order valence-corrected chi connectivity index (χ2v) is 9.68. The van der Waals surface area contributed by atoms with Gasteiger partial charge in [-0.3, -0.25) is 9.78 Å². The van der Waals surface area contributed by atoms with Gasteiger partial charge >= 0.3 is 0 Å². The lowest BCUT2D eigenvalue weighted by Gasteiger charge is -2.31. The molecule has 9 nitrogen and oxygen atoms in total. The van der Waals surface area contributed by atoms with E-state index in [1.807, 2.05) is 5.38 Å². The largest absolute Gasteiger partial charge is 0.480 e. The smallest absolute Gasteiger partial charge is 0.260 e. The molecule has 36 heavy (non-hydrogen) atoms. The fourth-order valence-corrected chi connectivity index (χ4v) is 5.50. The van der Waals surface area contributed by atoms with Crippen LogP contribution in [0.2, 0.25) is 5.02 Å². The molecule has 1 aromatic carbocycles. The summed E-state index contributed by atoms with van der Waals surface area (Å²) in [5, 5.41) is 7.41. The highest BCUT2D eigenvalue weighted by molar-refractivity contribution is 7.10. The van der Waals surface area contributed by atoms with E-state index in [9.17, 15) is 9.18 Å². The summed E-state index contributed by atoms with van der Waals surface area (Å²) >= 11 is 7.74. The molecule has 3 aromatic rings. The van der Waals surface area contributed by atoms with E-state index in [1.54, 1.807) is 28.4 Å². The Bertz CT molecular complexity index is 1260. The van der Waals surface area contributed by atoms with Crippen molar-refractivity contribution in [2.24, 2.45) is 5.16 Å². The molecule has 0 aliphatic carbocycles. The Morgan fingerprint density at radius 1 is 1.25 bits per heavy atom. The molecule has 1 saturated heterocycles. The number of carbonyl (C=O) groups is 1. The molecule has 4 heterocycles. The van der Waals surface area contributed by atoms with Crippen molar-refractivity contribution in [3.63, 3.8) is 0 Å². The highest BCUT2D eigenvalue weighted by atomic mass is 35.5. The Morgan fingerprint density at radius 2 is 2.06 bits per heavy atom. The van der Waals surface area contributed by atoms with Crippen LogP contribution in [0, 0.1) is 5.82 Å². The molecular formula is C24H23ClFN5O4S.